The molecule has 1 aromatic carbocycles. The van der Waals surface area contributed by atoms with Crippen LogP contribution >= 0.6 is 0 Å². The zero-order valence-corrected chi connectivity index (χ0v) is 14.4. The number of furan rings is 1. The molecule has 0 saturated carbocycles. The van der Waals surface area contributed by atoms with Gasteiger partial charge in [-0.3, -0.25) is 4.79 Å². The third kappa shape index (κ3) is 5.21. The van der Waals surface area contributed by atoms with Crippen LogP contribution in [0.1, 0.15) is 42.3 Å². The van der Waals surface area contributed by atoms with Crippen molar-refractivity contribution in [2.24, 2.45) is 0 Å². The average molecular weight is 350 g/mol. The van der Waals surface area contributed by atoms with Crippen LogP contribution in [0.4, 0.5) is 0 Å². The number of sulfonamides is 1. The van der Waals surface area contributed by atoms with E-state index in [4.69, 9.17) is 4.42 Å². The molecule has 2 aromatic rings. The van der Waals surface area contributed by atoms with Gasteiger partial charge >= 0.3 is 0 Å². The highest BCUT2D eigenvalue weighted by molar-refractivity contribution is 7.89. The summed E-state index contributed by atoms with van der Waals surface area (Å²) in [5.41, 5.74) is 0.290. The highest BCUT2D eigenvalue weighted by Gasteiger charge is 2.15. The second-order valence-electron chi connectivity index (χ2n) is 5.39. The Morgan fingerprint density at radius 2 is 2.00 bits per heavy atom. The molecule has 0 fully saturated rings. The first-order valence-electron chi connectivity index (χ1n) is 7.93. The van der Waals surface area contributed by atoms with Crippen LogP contribution in [0, 0.1) is 0 Å². The topological polar surface area (TPSA) is 88.4 Å². The summed E-state index contributed by atoms with van der Waals surface area (Å²) in [7, 11) is -3.60. The quantitative estimate of drug-likeness (QED) is 0.681. The van der Waals surface area contributed by atoms with Crippen molar-refractivity contribution in [1.29, 1.82) is 0 Å². The Morgan fingerprint density at radius 3 is 2.71 bits per heavy atom. The van der Waals surface area contributed by atoms with Crippen molar-refractivity contribution >= 4 is 15.9 Å². The molecule has 2 N–H and O–H groups in total. The molecule has 2 rings (SSSR count). The number of hydrogen-bond donors (Lipinski definition) is 2. The molecule has 0 atom stereocenters. The fourth-order valence-corrected chi connectivity index (χ4v) is 3.27. The summed E-state index contributed by atoms with van der Waals surface area (Å²) in [5.74, 6) is 0.277. The van der Waals surface area contributed by atoms with Crippen molar-refractivity contribution in [2.45, 2.75) is 37.6 Å². The monoisotopic (exact) mass is 350 g/mol. The second kappa shape index (κ2) is 8.65. The van der Waals surface area contributed by atoms with Crippen molar-refractivity contribution in [1.82, 2.24) is 10.0 Å². The van der Waals surface area contributed by atoms with Crippen LogP contribution in [-0.2, 0) is 16.6 Å². The molecule has 130 valence electrons. The number of unbranched alkanes of at least 4 members (excludes halogenated alkanes) is 2. The summed E-state index contributed by atoms with van der Waals surface area (Å²) in [6.45, 7) is 2.70. The molecule has 24 heavy (non-hydrogen) atoms. The Morgan fingerprint density at radius 1 is 1.17 bits per heavy atom. The molecule has 0 spiro atoms. The molecule has 0 saturated heterocycles. The van der Waals surface area contributed by atoms with Crippen molar-refractivity contribution in [2.75, 3.05) is 6.54 Å². The lowest BCUT2D eigenvalue weighted by molar-refractivity contribution is 0.0948. The molecule has 6 nitrogen and oxygen atoms in total. The number of rotatable bonds is 9. The molecule has 0 unspecified atom stereocenters. The summed E-state index contributed by atoms with van der Waals surface area (Å²) in [5, 5.41) is 2.69. The van der Waals surface area contributed by atoms with Crippen molar-refractivity contribution < 1.29 is 17.6 Å². The molecule has 0 aliphatic rings. The largest absolute Gasteiger partial charge is 0.467 e. The van der Waals surface area contributed by atoms with E-state index in [0.29, 0.717) is 12.3 Å². The van der Waals surface area contributed by atoms with E-state index >= 15 is 0 Å². The predicted molar refractivity (Wildman–Crippen MR) is 91.0 cm³/mol. The van der Waals surface area contributed by atoms with E-state index in [2.05, 4.69) is 17.0 Å². The van der Waals surface area contributed by atoms with Crippen LogP contribution in [0.25, 0.3) is 0 Å². The van der Waals surface area contributed by atoms with E-state index in [1.807, 2.05) is 0 Å². The summed E-state index contributed by atoms with van der Waals surface area (Å²) < 4.78 is 32.2. The van der Waals surface area contributed by atoms with Gasteiger partial charge in [-0.1, -0.05) is 25.8 Å². The molecular weight excluding hydrogens is 328 g/mol. The van der Waals surface area contributed by atoms with Crippen LogP contribution < -0.4 is 10.0 Å². The summed E-state index contributed by atoms with van der Waals surface area (Å²) in [6, 6.07) is 9.47. The third-order valence-corrected chi connectivity index (χ3v) is 4.94. The van der Waals surface area contributed by atoms with E-state index in [1.165, 1.54) is 18.4 Å². The Bertz CT molecular complexity index is 755. The summed E-state index contributed by atoms with van der Waals surface area (Å²) in [4.78, 5) is 12.2. The number of carbonyl (C=O) groups is 1. The standard InChI is InChI=1S/C17H22N2O4S/c1-2-3-4-10-19-24(21,22)16-9-5-7-14(12-16)17(20)18-13-15-8-6-11-23-15/h5-9,11-12,19H,2-4,10,13H2,1H3,(H,18,20). The molecular formula is C17H22N2O4S. The van der Waals surface area contributed by atoms with Crippen LogP contribution in [-0.4, -0.2) is 20.9 Å². The highest BCUT2D eigenvalue weighted by Crippen LogP contribution is 2.12. The molecule has 1 amide bonds. The SMILES string of the molecule is CCCCCNS(=O)(=O)c1cccc(C(=O)NCc2ccco2)c1. The van der Waals surface area contributed by atoms with Gasteiger partial charge in [0.2, 0.25) is 10.0 Å². The van der Waals surface area contributed by atoms with Crippen molar-refractivity contribution in [3.63, 3.8) is 0 Å². The molecule has 1 heterocycles. The predicted octanol–water partition coefficient (Wildman–Crippen LogP) is 2.68. The van der Waals surface area contributed by atoms with Crippen LogP contribution in [0.2, 0.25) is 0 Å². The molecule has 1 aromatic heterocycles. The number of carbonyl (C=O) groups excluding carboxylic acids is 1. The van der Waals surface area contributed by atoms with Gasteiger partial charge in [-0.15, -0.1) is 0 Å². The van der Waals surface area contributed by atoms with Gasteiger partial charge in [-0.25, -0.2) is 13.1 Å². The highest BCUT2D eigenvalue weighted by atomic mass is 32.2. The first kappa shape index (κ1) is 18.2. The van der Waals surface area contributed by atoms with Gasteiger partial charge in [0.1, 0.15) is 5.76 Å². The molecule has 7 heteroatoms. The van der Waals surface area contributed by atoms with E-state index < -0.39 is 10.0 Å². The van der Waals surface area contributed by atoms with E-state index in [9.17, 15) is 13.2 Å². The van der Waals surface area contributed by atoms with Gasteiger partial charge in [0, 0.05) is 12.1 Å². The smallest absolute Gasteiger partial charge is 0.251 e. The average Bonchev–Trinajstić information content (AvgIpc) is 3.10. The molecule has 0 aliphatic carbocycles. The lowest BCUT2D eigenvalue weighted by Gasteiger charge is -2.08. The third-order valence-electron chi connectivity index (χ3n) is 3.48. The normalized spacial score (nSPS) is 11.4. The van der Waals surface area contributed by atoms with Gasteiger partial charge in [-0.2, -0.15) is 0 Å². The van der Waals surface area contributed by atoms with E-state index in [0.717, 1.165) is 19.3 Å². The number of hydrogen-bond acceptors (Lipinski definition) is 4. The lowest BCUT2D eigenvalue weighted by Crippen LogP contribution is -2.26. The van der Waals surface area contributed by atoms with E-state index in [1.54, 1.807) is 24.3 Å². The molecule has 0 aliphatic heterocycles. The summed E-state index contributed by atoms with van der Waals surface area (Å²) in [6.07, 6.45) is 4.31. The van der Waals surface area contributed by atoms with Crippen LogP contribution in [0.5, 0.6) is 0 Å². The first-order chi connectivity index (χ1) is 11.5. The van der Waals surface area contributed by atoms with Crippen molar-refractivity contribution in [3.8, 4) is 0 Å². The minimum Gasteiger partial charge on any atom is -0.467 e. The van der Waals surface area contributed by atoms with Crippen LogP contribution in [0.3, 0.4) is 0 Å². The zero-order chi connectivity index (χ0) is 17.4. The molecule has 0 radical (unpaired) electrons. The minimum absolute atomic E-state index is 0.0876. The van der Waals surface area contributed by atoms with Gasteiger partial charge in [0.25, 0.3) is 5.91 Å². The fourth-order valence-electron chi connectivity index (χ4n) is 2.15. The zero-order valence-electron chi connectivity index (χ0n) is 13.6. The number of benzene rings is 1. The van der Waals surface area contributed by atoms with E-state index in [-0.39, 0.29) is 22.9 Å². The number of nitrogens with one attached hydrogen (secondary N) is 2. The Hall–Kier alpha value is -2.12. The van der Waals surface area contributed by atoms with Gasteiger partial charge in [0.15, 0.2) is 0 Å². The second-order valence-corrected chi connectivity index (χ2v) is 7.16. The minimum atomic E-state index is -3.60. The van der Waals surface area contributed by atoms with Gasteiger partial charge in [-0.05, 0) is 36.8 Å². The first-order valence-corrected chi connectivity index (χ1v) is 9.41. The number of amides is 1. The van der Waals surface area contributed by atoms with Gasteiger partial charge < -0.3 is 9.73 Å². The maximum atomic E-state index is 12.3. The van der Waals surface area contributed by atoms with Gasteiger partial charge in [0.05, 0.1) is 17.7 Å². The summed E-state index contributed by atoms with van der Waals surface area (Å²) >= 11 is 0. The lowest BCUT2D eigenvalue weighted by atomic mass is 10.2. The fraction of sp³-hybridized carbons (Fsp3) is 0.353. The molecule has 0 bridgehead atoms. The Balaban J connectivity index is 2.00. The Labute approximate surface area is 142 Å². The maximum Gasteiger partial charge on any atom is 0.251 e. The maximum absolute atomic E-state index is 12.3. The van der Waals surface area contributed by atoms with Crippen LogP contribution in [0.15, 0.2) is 52.0 Å². The Kier molecular flexibility index (Phi) is 6.57. The van der Waals surface area contributed by atoms with Crippen molar-refractivity contribution in [3.05, 3.63) is 54.0 Å².